The highest BCUT2D eigenvalue weighted by atomic mass is 35.5. The number of hydrogen-bond donors (Lipinski definition) is 2. The molecule has 1 heterocycles. The van der Waals surface area contributed by atoms with Crippen molar-refractivity contribution < 1.29 is 14.7 Å². The highest BCUT2D eigenvalue weighted by molar-refractivity contribution is 6.29. The Balaban J connectivity index is 1.99. The summed E-state index contributed by atoms with van der Waals surface area (Å²) in [6.45, 7) is 0. The molecule has 5 nitrogen and oxygen atoms in total. The van der Waals surface area contributed by atoms with Gasteiger partial charge >= 0.3 is 5.97 Å². The van der Waals surface area contributed by atoms with Crippen LogP contribution in [-0.2, 0) is 4.79 Å². The Hall–Kier alpha value is -1.62. The molecule has 1 amide bonds. The predicted molar refractivity (Wildman–Crippen MR) is 65.5 cm³/mol. The lowest BCUT2D eigenvalue weighted by Crippen LogP contribution is -2.41. The number of nitrogens with one attached hydrogen (secondary N) is 1. The molecule has 0 unspecified atom stereocenters. The molecule has 0 bridgehead atoms. The van der Waals surface area contributed by atoms with Crippen LogP contribution < -0.4 is 5.32 Å². The van der Waals surface area contributed by atoms with E-state index in [9.17, 15) is 9.59 Å². The highest BCUT2D eigenvalue weighted by Crippen LogP contribution is 2.33. The number of nitrogens with zero attached hydrogens (tertiary/aromatic N) is 1. The van der Waals surface area contributed by atoms with Gasteiger partial charge in [0.05, 0.1) is 5.56 Å². The van der Waals surface area contributed by atoms with Crippen molar-refractivity contribution in [3.8, 4) is 0 Å². The molecule has 1 aliphatic rings. The molecule has 0 aliphatic heterocycles. The highest BCUT2D eigenvalue weighted by Gasteiger charge is 2.30. The molecule has 96 valence electrons. The second-order valence-corrected chi connectivity index (χ2v) is 4.80. The number of carbonyl (C=O) groups excluding carboxylic acids is 1. The summed E-state index contributed by atoms with van der Waals surface area (Å²) in [4.78, 5) is 26.6. The largest absolute Gasteiger partial charge is 0.480 e. The zero-order chi connectivity index (χ0) is 13.1. The van der Waals surface area contributed by atoms with Gasteiger partial charge in [-0.05, 0) is 24.5 Å². The molecule has 1 aromatic heterocycles. The Morgan fingerprint density at radius 3 is 2.72 bits per heavy atom. The summed E-state index contributed by atoms with van der Waals surface area (Å²) >= 11 is 5.61. The van der Waals surface area contributed by atoms with Crippen molar-refractivity contribution in [2.75, 3.05) is 0 Å². The molecule has 0 spiro atoms. The first-order valence-corrected chi connectivity index (χ1v) is 6.09. The van der Waals surface area contributed by atoms with Gasteiger partial charge in [0, 0.05) is 6.20 Å². The third-order valence-electron chi connectivity index (χ3n) is 2.86. The number of hydrogen-bond acceptors (Lipinski definition) is 3. The average molecular weight is 269 g/mol. The maximum Gasteiger partial charge on any atom is 0.326 e. The van der Waals surface area contributed by atoms with Gasteiger partial charge in [-0.25, -0.2) is 9.78 Å². The maximum absolute atomic E-state index is 11.8. The van der Waals surface area contributed by atoms with Crippen molar-refractivity contribution in [1.82, 2.24) is 10.3 Å². The Morgan fingerprint density at radius 1 is 1.50 bits per heavy atom. The number of pyridine rings is 1. The van der Waals surface area contributed by atoms with Gasteiger partial charge in [0.25, 0.3) is 5.91 Å². The molecule has 1 aromatic rings. The van der Waals surface area contributed by atoms with Crippen LogP contribution in [0.25, 0.3) is 0 Å². The standard InChI is InChI=1S/C12H13ClN2O3/c13-10-4-3-8(6-14-10)11(16)15-9(12(17)18)5-7-1-2-7/h3-4,6-7,9H,1-2,5H2,(H,15,16)(H,17,18)/t9-/m0/s1. The van der Waals surface area contributed by atoms with E-state index in [1.54, 1.807) is 0 Å². The van der Waals surface area contributed by atoms with Gasteiger partial charge in [0.1, 0.15) is 11.2 Å². The van der Waals surface area contributed by atoms with Crippen LogP contribution in [0.1, 0.15) is 29.6 Å². The molecule has 1 saturated carbocycles. The van der Waals surface area contributed by atoms with Crippen LogP contribution in [0, 0.1) is 5.92 Å². The van der Waals surface area contributed by atoms with Gasteiger partial charge in [-0.15, -0.1) is 0 Å². The lowest BCUT2D eigenvalue weighted by Gasteiger charge is -2.13. The molecule has 1 aliphatic carbocycles. The van der Waals surface area contributed by atoms with Crippen LogP contribution in [0.15, 0.2) is 18.3 Å². The molecule has 1 atom stereocenters. The molecule has 1 fully saturated rings. The molecule has 0 saturated heterocycles. The molecule has 0 radical (unpaired) electrons. The number of aliphatic carboxylic acids is 1. The monoisotopic (exact) mass is 268 g/mol. The first-order chi connectivity index (χ1) is 8.56. The minimum absolute atomic E-state index is 0.291. The molecular formula is C12H13ClN2O3. The van der Waals surface area contributed by atoms with Gasteiger partial charge in [-0.3, -0.25) is 4.79 Å². The number of carboxylic acid groups (broad SMARTS) is 1. The number of aromatic nitrogens is 1. The van der Waals surface area contributed by atoms with E-state index in [0.717, 1.165) is 12.8 Å². The van der Waals surface area contributed by atoms with E-state index in [1.165, 1.54) is 18.3 Å². The van der Waals surface area contributed by atoms with E-state index < -0.39 is 17.9 Å². The fourth-order valence-corrected chi connectivity index (χ4v) is 1.77. The van der Waals surface area contributed by atoms with Crippen molar-refractivity contribution >= 4 is 23.5 Å². The molecule has 2 N–H and O–H groups in total. The lowest BCUT2D eigenvalue weighted by molar-refractivity contribution is -0.139. The average Bonchev–Trinajstić information content (AvgIpc) is 3.12. The number of carbonyl (C=O) groups is 2. The summed E-state index contributed by atoms with van der Waals surface area (Å²) in [5.41, 5.74) is 0.307. The van der Waals surface area contributed by atoms with E-state index in [2.05, 4.69) is 10.3 Å². The van der Waals surface area contributed by atoms with Crippen LogP contribution in [0.2, 0.25) is 5.15 Å². The van der Waals surface area contributed by atoms with Gasteiger partial charge in [-0.1, -0.05) is 24.4 Å². The summed E-state index contributed by atoms with van der Waals surface area (Å²) in [5, 5.41) is 11.8. The normalized spacial score (nSPS) is 16.1. The predicted octanol–water partition coefficient (Wildman–Crippen LogP) is 1.72. The fourth-order valence-electron chi connectivity index (χ4n) is 1.66. The molecule has 0 aromatic carbocycles. The van der Waals surface area contributed by atoms with E-state index in [-0.39, 0.29) is 0 Å². The minimum atomic E-state index is -1.00. The van der Waals surface area contributed by atoms with Crippen LogP contribution >= 0.6 is 11.6 Å². The van der Waals surface area contributed by atoms with Crippen molar-refractivity contribution in [2.24, 2.45) is 5.92 Å². The Morgan fingerprint density at radius 2 is 2.22 bits per heavy atom. The topological polar surface area (TPSA) is 79.3 Å². The fraction of sp³-hybridized carbons (Fsp3) is 0.417. The second-order valence-electron chi connectivity index (χ2n) is 4.41. The third-order valence-corrected chi connectivity index (χ3v) is 3.08. The molecule has 18 heavy (non-hydrogen) atoms. The third kappa shape index (κ3) is 3.43. The van der Waals surface area contributed by atoms with Crippen LogP contribution in [0.5, 0.6) is 0 Å². The van der Waals surface area contributed by atoms with Crippen LogP contribution in [0.4, 0.5) is 0 Å². The SMILES string of the molecule is O=C(N[C@@H](CC1CC1)C(=O)O)c1ccc(Cl)nc1. The van der Waals surface area contributed by atoms with Crippen LogP contribution in [-0.4, -0.2) is 28.0 Å². The van der Waals surface area contributed by atoms with Crippen LogP contribution in [0.3, 0.4) is 0 Å². The van der Waals surface area contributed by atoms with Crippen molar-refractivity contribution in [1.29, 1.82) is 0 Å². The molecule has 6 heteroatoms. The first-order valence-electron chi connectivity index (χ1n) is 5.71. The first kappa shape index (κ1) is 12.8. The van der Waals surface area contributed by atoms with Crippen molar-refractivity contribution in [3.05, 3.63) is 29.0 Å². The maximum atomic E-state index is 11.8. The van der Waals surface area contributed by atoms with Gasteiger partial charge in [0.15, 0.2) is 0 Å². The zero-order valence-corrected chi connectivity index (χ0v) is 10.4. The smallest absolute Gasteiger partial charge is 0.326 e. The number of carboxylic acids is 1. The second kappa shape index (κ2) is 5.35. The number of amides is 1. The van der Waals surface area contributed by atoms with E-state index in [0.29, 0.717) is 23.1 Å². The van der Waals surface area contributed by atoms with E-state index in [1.807, 2.05) is 0 Å². The van der Waals surface area contributed by atoms with Gasteiger partial charge in [0.2, 0.25) is 0 Å². The summed E-state index contributed by atoms with van der Waals surface area (Å²) in [6.07, 6.45) is 3.90. The Bertz CT molecular complexity index is 457. The Labute approximate surface area is 109 Å². The van der Waals surface area contributed by atoms with Crippen molar-refractivity contribution in [3.63, 3.8) is 0 Å². The quantitative estimate of drug-likeness (QED) is 0.797. The van der Waals surface area contributed by atoms with E-state index >= 15 is 0 Å². The van der Waals surface area contributed by atoms with Gasteiger partial charge < -0.3 is 10.4 Å². The zero-order valence-electron chi connectivity index (χ0n) is 9.60. The molecular weight excluding hydrogens is 256 g/mol. The summed E-state index contributed by atoms with van der Waals surface area (Å²) < 4.78 is 0. The minimum Gasteiger partial charge on any atom is -0.480 e. The summed E-state index contributed by atoms with van der Waals surface area (Å²) in [6, 6.07) is 2.18. The Kier molecular flexibility index (Phi) is 3.81. The number of rotatable bonds is 5. The summed E-state index contributed by atoms with van der Waals surface area (Å²) in [5.74, 6) is -1.01. The van der Waals surface area contributed by atoms with Gasteiger partial charge in [-0.2, -0.15) is 0 Å². The number of halogens is 1. The lowest BCUT2D eigenvalue weighted by atomic mass is 10.1. The summed E-state index contributed by atoms with van der Waals surface area (Å²) in [7, 11) is 0. The molecule has 2 rings (SSSR count). The van der Waals surface area contributed by atoms with Crippen molar-refractivity contribution in [2.45, 2.75) is 25.3 Å². The van der Waals surface area contributed by atoms with E-state index in [4.69, 9.17) is 16.7 Å².